The summed E-state index contributed by atoms with van der Waals surface area (Å²) in [4.78, 5) is 12.1. The van der Waals surface area contributed by atoms with Crippen molar-refractivity contribution in [2.24, 2.45) is 0 Å². The van der Waals surface area contributed by atoms with Crippen molar-refractivity contribution in [2.45, 2.75) is 12.3 Å². The molecule has 0 bridgehead atoms. The maximum Gasteiger partial charge on any atom is 0.416 e. The van der Waals surface area contributed by atoms with Gasteiger partial charge in [0.2, 0.25) is 0 Å². The highest BCUT2D eigenvalue weighted by atomic mass is 35.5. The summed E-state index contributed by atoms with van der Waals surface area (Å²) in [7, 11) is 1.04. The number of carbonyl (C=O) groups is 1. The summed E-state index contributed by atoms with van der Waals surface area (Å²) in [5.74, 6) is -0.824. The monoisotopic (exact) mass is 314 g/mol. The minimum absolute atomic E-state index is 0.112. The standard InChI is InChI=1S/C11H11ClF4N2O2/c1-18(5-9(19)11(14,15)16)10(20)17-8-3-2-6(12)4-7(8)13/h2-4,9,19H,5H2,1H3,(H,17,20). The number of amides is 2. The summed E-state index contributed by atoms with van der Waals surface area (Å²) in [6, 6.07) is 2.44. The number of hydrogen-bond donors (Lipinski definition) is 2. The maximum atomic E-state index is 13.4. The first kappa shape index (κ1) is 16.5. The second-order valence-corrected chi connectivity index (χ2v) is 4.43. The fraction of sp³-hybridized carbons (Fsp3) is 0.364. The van der Waals surface area contributed by atoms with Gasteiger partial charge in [0.1, 0.15) is 5.82 Å². The molecule has 20 heavy (non-hydrogen) atoms. The minimum Gasteiger partial charge on any atom is -0.382 e. The maximum absolute atomic E-state index is 13.4. The van der Waals surface area contributed by atoms with Crippen molar-refractivity contribution >= 4 is 23.3 Å². The van der Waals surface area contributed by atoms with Gasteiger partial charge in [0.05, 0.1) is 12.2 Å². The number of urea groups is 1. The van der Waals surface area contributed by atoms with E-state index in [0.29, 0.717) is 4.90 Å². The van der Waals surface area contributed by atoms with Gasteiger partial charge in [-0.15, -0.1) is 0 Å². The van der Waals surface area contributed by atoms with Gasteiger partial charge in [0, 0.05) is 12.1 Å². The molecule has 1 aromatic rings. The largest absolute Gasteiger partial charge is 0.416 e. The van der Waals surface area contributed by atoms with Crippen LogP contribution in [0.2, 0.25) is 5.02 Å². The van der Waals surface area contributed by atoms with Crippen LogP contribution < -0.4 is 5.32 Å². The van der Waals surface area contributed by atoms with Crippen LogP contribution in [0.1, 0.15) is 0 Å². The third kappa shape index (κ3) is 4.53. The Balaban J connectivity index is 2.66. The van der Waals surface area contributed by atoms with Crippen LogP contribution in [-0.2, 0) is 0 Å². The molecule has 0 aliphatic carbocycles. The highest BCUT2D eigenvalue weighted by Gasteiger charge is 2.39. The summed E-state index contributed by atoms with van der Waals surface area (Å²) in [6.45, 7) is -0.968. The molecule has 112 valence electrons. The van der Waals surface area contributed by atoms with E-state index in [1.54, 1.807) is 0 Å². The number of aliphatic hydroxyl groups excluding tert-OH is 1. The van der Waals surface area contributed by atoms with Crippen molar-refractivity contribution in [2.75, 3.05) is 18.9 Å². The average molecular weight is 315 g/mol. The van der Waals surface area contributed by atoms with E-state index in [4.69, 9.17) is 16.7 Å². The van der Waals surface area contributed by atoms with Gasteiger partial charge in [-0.05, 0) is 18.2 Å². The number of aliphatic hydroxyl groups is 1. The zero-order valence-electron chi connectivity index (χ0n) is 10.2. The van der Waals surface area contributed by atoms with E-state index in [2.05, 4.69) is 5.32 Å². The molecule has 0 spiro atoms. The quantitative estimate of drug-likeness (QED) is 0.843. The third-order valence-corrected chi connectivity index (χ3v) is 2.58. The van der Waals surface area contributed by atoms with E-state index in [1.807, 2.05) is 0 Å². The van der Waals surface area contributed by atoms with E-state index in [1.165, 1.54) is 12.1 Å². The molecule has 0 aliphatic heterocycles. The van der Waals surface area contributed by atoms with Crippen LogP contribution in [0.15, 0.2) is 18.2 Å². The van der Waals surface area contributed by atoms with Crippen LogP contribution in [0.4, 0.5) is 28.0 Å². The highest BCUT2D eigenvalue weighted by Crippen LogP contribution is 2.21. The number of carbonyl (C=O) groups excluding carboxylic acids is 1. The second kappa shape index (κ2) is 6.27. The van der Waals surface area contributed by atoms with Crippen LogP contribution in [0.3, 0.4) is 0 Å². The third-order valence-electron chi connectivity index (χ3n) is 2.34. The summed E-state index contributed by atoms with van der Waals surface area (Å²) < 4.78 is 49.8. The molecule has 0 heterocycles. The molecule has 1 aromatic carbocycles. The van der Waals surface area contributed by atoms with Gasteiger partial charge in [0.25, 0.3) is 0 Å². The van der Waals surface area contributed by atoms with Crippen molar-refractivity contribution < 1.29 is 27.5 Å². The fourth-order valence-electron chi connectivity index (χ4n) is 1.25. The number of halogens is 5. The first-order valence-corrected chi connectivity index (χ1v) is 5.71. The molecule has 0 aliphatic rings. The van der Waals surface area contributed by atoms with Gasteiger partial charge in [-0.3, -0.25) is 0 Å². The topological polar surface area (TPSA) is 52.6 Å². The predicted octanol–water partition coefficient (Wildman–Crippen LogP) is 2.87. The smallest absolute Gasteiger partial charge is 0.382 e. The van der Waals surface area contributed by atoms with Crippen molar-refractivity contribution in [3.63, 3.8) is 0 Å². The summed E-state index contributed by atoms with van der Waals surface area (Å²) in [6.07, 6.45) is -7.51. The number of alkyl halides is 3. The van der Waals surface area contributed by atoms with Crippen LogP contribution in [0.5, 0.6) is 0 Å². The Morgan fingerprint density at radius 1 is 1.50 bits per heavy atom. The molecular weight excluding hydrogens is 304 g/mol. The van der Waals surface area contributed by atoms with Gasteiger partial charge in [-0.25, -0.2) is 9.18 Å². The Morgan fingerprint density at radius 3 is 2.60 bits per heavy atom. The van der Waals surface area contributed by atoms with E-state index >= 15 is 0 Å². The van der Waals surface area contributed by atoms with E-state index in [-0.39, 0.29) is 10.7 Å². The van der Waals surface area contributed by atoms with Crippen molar-refractivity contribution in [1.29, 1.82) is 0 Å². The Labute approximate surface area is 116 Å². The lowest BCUT2D eigenvalue weighted by Crippen LogP contribution is -2.43. The van der Waals surface area contributed by atoms with Gasteiger partial charge < -0.3 is 15.3 Å². The van der Waals surface area contributed by atoms with Crippen molar-refractivity contribution in [1.82, 2.24) is 4.90 Å². The number of anilines is 1. The molecule has 0 saturated heterocycles. The van der Waals surface area contributed by atoms with Crippen LogP contribution >= 0.6 is 11.6 Å². The lowest BCUT2D eigenvalue weighted by molar-refractivity contribution is -0.205. The number of hydrogen-bond acceptors (Lipinski definition) is 2. The van der Waals surface area contributed by atoms with Crippen LogP contribution in [0, 0.1) is 5.82 Å². The molecule has 0 radical (unpaired) electrons. The van der Waals surface area contributed by atoms with Gasteiger partial charge in [-0.2, -0.15) is 13.2 Å². The predicted molar refractivity (Wildman–Crippen MR) is 65.1 cm³/mol. The molecular formula is C11H11ClF4N2O2. The lowest BCUT2D eigenvalue weighted by atomic mass is 10.3. The zero-order valence-corrected chi connectivity index (χ0v) is 11.0. The molecule has 2 amide bonds. The van der Waals surface area contributed by atoms with E-state index < -0.39 is 30.7 Å². The average Bonchev–Trinajstić information content (AvgIpc) is 2.31. The van der Waals surface area contributed by atoms with Crippen LogP contribution in [-0.4, -0.2) is 41.9 Å². The molecule has 1 unspecified atom stereocenters. The molecule has 0 aromatic heterocycles. The molecule has 0 saturated carbocycles. The van der Waals surface area contributed by atoms with Crippen molar-refractivity contribution in [3.05, 3.63) is 29.0 Å². The number of benzene rings is 1. The van der Waals surface area contributed by atoms with E-state index in [9.17, 15) is 22.4 Å². The Kier molecular flexibility index (Phi) is 5.18. The van der Waals surface area contributed by atoms with Gasteiger partial charge in [-0.1, -0.05) is 11.6 Å². The minimum atomic E-state index is -4.83. The van der Waals surface area contributed by atoms with Gasteiger partial charge in [0.15, 0.2) is 6.10 Å². The number of nitrogens with one attached hydrogen (secondary N) is 1. The number of likely N-dealkylation sites (N-methyl/N-ethyl adjacent to an activating group) is 1. The number of rotatable bonds is 3. The Bertz CT molecular complexity index is 496. The molecule has 2 N–H and O–H groups in total. The van der Waals surface area contributed by atoms with Crippen LogP contribution in [0.25, 0.3) is 0 Å². The summed E-state index contributed by atoms with van der Waals surface area (Å²) >= 11 is 5.51. The summed E-state index contributed by atoms with van der Waals surface area (Å²) in [5.41, 5.74) is -0.229. The molecule has 9 heteroatoms. The number of nitrogens with zero attached hydrogens (tertiary/aromatic N) is 1. The Hall–Kier alpha value is -1.54. The molecule has 4 nitrogen and oxygen atoms in total. The Morgan fingerprint density at radius 2 is 2.10 bits per heavy atom. The lowest BCUT2D eigenvalue weighted by Gasteiger charge is -2.22. The SMILES string of the molecule is CN(CC(O)C(F)(F)F)C(=O)Nc1ccc(Cl)cc1F. The second-order valence-electron chi connectivity index (χ2n) is 3.99. The normalized spacial score (nSPS) is 12.9. The van der Waals surface area contributed by atoms with Gasteiger partial charge >= 0.3 is 12.2 Å². The zero-order chi connectivity index (χ0) is 15.5. The highest BCUT2D eigenvalue weighted by molar-refractivity contribution is 6.30. The first-order valence-electron chi connectivity index (χ1n) is 5.33. The first-order chi connectivity index (χ1) is 9.11. The molecule has 0 fully saturated rings. The molecule has 1 atom stereocenters. The summed E-state index contributed by atoms with van der Waals surface area (Å²) in [5, 5.41) is 11.0. The fourth-order valence-corrected chi connectivity index (χ4v) is 1.41. The van der Waals surface area contributed by atoms with E-state index in [0.717, 1.165) is 13.1 Å². The van der Waals surface area contributed by atoms with Crippen molar-refractivity contribution in [3.8, 4) is 0 Å². The molecule has 1 rings (SSSR count).